The number of nitrogens with zero attached hydrogens (tertiary/aromatic N) is 1. The molecule has 3 nitrogen and oxygen atoms in total. The largest absolute Gasteiger partial charge is 0.312 e. The van der Waals surface area contributed by atoms with E-state index in [1.807, 2.05) is 0 Å². The van der Waals surface area contributed by atoms with Gasteiger partial charge in [-0.2, -0.15) is 0 Å². The van der Waals surface area contributed by atoms with E-state index in [1.54, 1.807) is 0 Å². The minimum atomic E-state index is 0.270. The normalized spacial score (nSPS) is 26.1. The van der Waals surface area contributed by atoms with Crippen LogP contribution in [0.2, 0.25) is 0 Å². The number of nitrogens with one attached hydrogen (secondary N) is 1. The van der Waals surface area contributed by atoms with E-state index >= 15 is 0 Å². The third-order valence-corrected chi connectivity index (χ3v) is 4.76. The van der Waals surface area contributed by atoms with E-state index in [0.29, 0.717) is 6.04 Å². The summed E-state index contributed by atoms with van der Waals surface area (Å²) in [7, 11) is 0. The van der Waals surface area contributed by atoms with Crippen LogP contribution in [0.1, 0.15) is 71.1 Å². The Morgan fingerprint density at radius 1 is 1.18 bits per heavy atom. The Balaban J connectivity index is 2.10. The van der Waals surface area contributed by atoms with Crippen LogP contribution in [0.4, 0.5) is 0 Å². The third-order valence-electron chi connectivity index (χ3n) is 4.76. The van der Waals surface area contributed by atoms with Crippen LogP contribution in [0.15, 0.2) is 4.99 Å². The fourth-order valence-corrected chi connectivity index (χ4v) is 3.53. The van der Waals surface area contributed by atoms with E-state index < -0.39 is 0 Å². The van der Waals surface area contributed by atoms with Crippen molar-refractivity contribution in [1.29, 1.82) is 0 Å². The van der Waals surface area contributed by atoms with Crippen LogP contribution in [0, 0.1) is 5.41 Å². The third kappa shape index (κ3) is 2.82. The van der Waals surface area contributed by atoms with Crippen LogP contribution in [0.25, 0.3) is 0 Å². The number of nitrogens with two attached hydrogens (primary N) is 1. The number of hydrogen-bond donors (Lipinski definition) is 2. The molecule has 17 heavy (non-hydrogen) atoms. The maximum atomic E-state index is 5.75. The lowest BCUT2D eigenvalue weighted by Crippen LogP contribution is -2.43. The standard InChI is InChI=1S/C14H27N3/c1-2-14(10-6-7-11-14)13(17-15)16-12-8-4-3-5-9-12/h12H,2-11,15H2,1H3,(H,16,17). The van der Waals surface area contributed by atoms with Gasteiger partial charge in [-0.05, 0) is 32.1 Å². The lowest BCUT2D eigenvalue weighted by atomic mass is 9.81. The summed E-state index contributed by atoms with van der Waals surface area (Å²) in [5, 5.41) is 0. The minimum absolute atomic E-state index is 0.270. The van der Waals surface area contributed by atoms with Gasteiger partial charge in [0.25, 0.3) is 0 Å². The zero-order valence-corrected chi connectivity index (χ0v) is 11.2. The SMILES string of the molecule is CCC1(C(=NC2CCCCC2)NN)CCCC1. The fourth-order valence-electron chi connectivity index (χ4n) is 3.53. The first kappa shape index (κ1) is 12.9. The quantitative estimate of drug-likeness (QED) is 0.343. The van der Waals surface area contributed by atoms with E-state index in [0.717, 1.165) is 5.84 Å². The van der Waals surface area contributed by atoms with Crippen LogP contribution in [0.5, 0.6) is 0 Å². The Hall–Kier alpha value is -0.570. The summed E-state index contributed by atoms with van der Waals surface area (Å²) >= 11 is 0. The molecule has 0 heterocycles. The molecule has 0 amide bonds. The summed E-state index contributed by atoms with van der Waals surface area (Å²) in [5.74, 6) is 6.85. The predicted octanol–water partition coefficient (Wildman–Crippen LogP) is 3.15. The smallest absolute Gasteiger partial charge is 0.117 e. The molecule has 2 saturated carbocycles. The summed E-state index contributed by atoms with van der Waals surface area (Å²) in [6.45, 7) is 2.28. The molecule has 0 spiro atoms. The molecule has 2 aliphatic rings. The van der Waals surface area contributed by atoms with Gasteiger partial charge in [0.05, 0.1) is 6.04 Å². The van der Waals surface area contributed by atoms with Crippen molar-refractivity contribution in [2.75, 3.05) is 0 Å². The van der Waals surface area contributed by atoms with Crippen LogP contribution in [-0.2, 0) is 0 Å². The van der Waals surface area contributed by atoms with Crippen molar-refractivity contribution < 1.29 is 0 Å². The van der Waals surface area contributed by atoms with Crippen molar-refractivity contribution in [2.24, 2.45) is 16.3 Å². The molecule has 0 saturated heterocycles. The molecule has 0 aromatic carbocycles. The van der Waals surface area contributed by atoms with Gasteiger partial charge in [0, 0.05) is 5.41 Å². The summed E-state index contributed by atoms with van der Waals surface area (Å²) in [4.78, 5) is 4.96. The van der Waals surface area contributed by atoms with Gasteiger partial charge in [0.2, 0.25) is 0 Å². The summed E-state index contributed by atoms with van der Waals surface area (Å²) in [6, 6.07) is 0.527. The minimum Gasteiger partial charge on any atom is -0.312 e. The topological polar surface area (TPSA) is 50.4 Å². The monoisotopic (exact) mass is 237 g/mol. The lowest BCUT2D eigenvalue weighted by Gasteiger charge is -2.31. The summed E-state index contributed by atoms with van der Waals surface area (Å²) in [5.41, 5.74) is 3.20. The molecule has 0 radical (unpaired) electrons. The number of hydrazine groups is 1. The molecule has 2 aliphatic carbocycles. The lowest BCUT2D eigenvalue weighted by molar-refractivity contribution is 0.389. The van der Waals surface area contributed by atoms with Crippen LogP contribution in [-0.4, -0.2) is 11.9 Å². The van der Waals surface area contributed by atoms with Crippen molar-refractivity contribution >= 4 is 5.84 Å². The second-order valence-corrected chi connectivity index (χ2v) is 5.75. The van der Waals surface area contributed by atoms with E-state index in [4.69, 9.17) is 10.8 Å². The Labute approximate surface area is 105 Å². The van der Waals surface area contributed by atoms with Gasteiger partial charge in [-0.25, -0.2) is 5.84 Å². The van der Waals surface area contributed by atoms with Crippen LogP contribution in [0.3, 0.4) is 0 Å². The fraction of sp³-hybridized carbons (Fsp3) is 0.929. The van der Waals surface area contributed by atoms with Gasteiger partial charge in [-0.15, -0.1) is 0 Å². The van der Waals surface area contributed by atoms with Gasteiger partial charge in [-0.3, -0.25) is 4.99 Å². The molecular weight excluding hydrogens is 210 g/mol. The van der Waals surface area contributed by atoms with Crippen LogP contribution < -0.4 is 11.3 Å². The highest BCUT2D eigenvalue weighted by Gasteiger charge is 2.37. The molecule has 3 N–H and O–H groups in total. The van der Waals surface area contributed by atoms with Gasteiger partial charge in [-0.1, -0.05) is 39.0 Å². The zero-order chi connectivity index (χ0) is 12.1. The van der Waals surface area contributed by atoms with Gasteiger partial charge >= 0.3 is 0 Å². The molecule has 0 unspecified atom stereocenters. The number of hydrogen-bond acceptors (Lipinski definition) is 2. The van der Waals surface area contributed by atoms with E-state index in [-0.39, 0.29) is 5.41 Å². The summed E-state index contributed by atoms with van der Waals surface area (Å²) in [6.07, 6.45) is 12.9. The molecule has 0 bridgehead atoms. The predicted molar refractivity (Wildman–Crippen MR) is 72.8 cm³/mol. The highest BCUT2D eigenvalue weighted by molar-refractivity contribution is 5.88. The van der Waals surface area contributed by atoms with Crippen molar-refractivity contribution in [3.8, 4) is 0 Å². The Morgan fingerprint density at radius 3 is 2.35 bits per heavy atom. The second-order valence-electron chi connectivity index (χ2n) is 5.75. The van der Waals surface area contributed by atoms with Gasteiger partial charge < -0.3 is 5.43 Å². The summed E-state index contributed by atoms with van der Waals surface area (Å²) < 4.78 is 0. The first-order valence-electron chi connectivity index (χ1n) is 7.35. The van der Waals surface area contributed by atoms with Crippen LogP contribution >= 0.6 is 0 Å². The van der Waals surface area contributed by atoms with Crippen molar-refractivity contribution in [3.63, 3.8) is 0 Å². The van der Waals surface area contributed by atoms with Gasteiger partial charge in [0.1, 0.15) is 5.84 Å². The van der Waals surface area contributed by atoms with Crippen molar-refractivity contribution in [1.82, 2.24) is 5.43 Å². The highest BCUT2D eigenvalue weighted by atomic mass is 15.3. The van der Waals surface area contributed by atoms with E-state index in [2.05, 4.69) is 12.3 Å². The Kier molecular flexibility index (Phi) is 4.43. The Morgan fingerprint density at radius 2 is 1.82 bits per heavy atom. The molecule has 0 atom stereocenters. The molecule has 3 heteroatoms. The molecule has 2 fully saturated rings. The molecular formula is C14H27N3. The maximum Gasteiger partial charge on any atom is 0.117 e. The Bertz CT molecular complexity index is 261. The van der Waals surface area contributed by atoms with E-state index in [9.17, 15) is 0 Å². The highest BCUT2D eigenvalue weighted by Crippen LogP contribution is 2.42. The number of amidine groups is 1. The average molecular weight is 237 g/mol. The first-order valence-corrected chi connectivity index (χ1v) is 7.35. The average Bonchev–Trinajstić information content (AvgIpc) is 2.87. The second kappa shape index (κ2) is 5.85. The molecule has 0 aromatic heterocycles. The molecule has 0 aliphatic heterocycles. The van der Waals surface area contributed by atoms with Crippen molar-refractivity contribution in [2.45, 2.75) is 77.2 Å². The zero-order valence-electron chi connectivity index (χ0n) is 11.2. The first-order chi connectivity index (χ1) is 8.30. The maximum absolute atomic E-state index is 5.75. The number of rotatable bonds is 3. The van der Waals surface area contributed by atoms with Gasteiger partial charge in [0.15, 0.2) is 0 Å². The van der Waals surface area contributed by atoms with E-state index in [1.165, 1.54) is 64.2 Å². The molecule has 98 valence electrons. The molecule has 2 rings (SSSR count). The number of aliphatic imine (C=N–C) groups is 1. The molecule has 0 aromatic rings. The van der Waals surface area contributed by atoms with Crippen molar-refractivity contribution in [3.05, 3.63) is 0 Å².